The molecule has 0 aliphatic carbocycles. The molecule has 0 saturated carbocycles. The predicted octanol–water partition coefficient (Wildman–Crippen LogP) is 4.50. The van der Waals surface area contributed by atoms with Crippen molar-refractivity contribution in [1.29, 1.82) is 0 Å². The molecule has 3 aromatic heterocycles. The highest BCUT2D eigenvalue weighted by molar-refractivity contribution is 6.30. The lowest BCUT2D eigenvalue weighted by Gasteiger charge is -2.30. The van der Waals surface area contributed by atoms with Crippen molar-refractivity contribution in [3.63, 3.8) is 0 Å². The molecule has 0 spiro atoms. The van der Waals surface area contributed by atoms with Gasteiger partial charge in [0.25, 0.3) is 5.56 Å². The Hall–Kier alpha value is -3.36. The number of benzene rings is 1. The number of hydrogen-bond donors (Lipinski definition) is 0. The molecule has 4 heterocycles. The third kappa shape index (κ3) is 4.28. The zero-order valence-electron chi connectivity index (χ0n) is 19.6. The van der Waals surface area contributed by atoms with Gasteiger partial charge in [0.1, 0.15) is 5.82 Å². The van der Waals surface area contributed by atoms with Gasteiger partial charge in [-0.1, -0.05) is 11.6 Å². The second-order valence-corrected chi connectivity index (χ2v) is 9.40. The number of aromatic nitrogens is 4. The molecule has 35 heavy (non-hydrogen) atoms. The molecule has 0 N–H and O–H groups in total. The minimum absolute atomic E-state index is 0.0435. The summed E-state index contributed by atoms with van der Waals surface area (Å²) in [6, 6.07) is 9.56. The highest BCUT2D eigenvalue weighted by Crippen LogP contribution is 2.38. The van der Waals surface area contributed by atoms with E-state index in [2.05, 4.69) is 10.1 Å². The summed E-state index contributed by atoms with van der Waals surface area (Å²) in [4.78, 5) is 29.5. The van der Waals surface area contributed by atoms with Crippen molar-refractivity contribution in [2.24, 2.45) is 7.05 Å². The predicted molar refractivity (Wildman–Crippen MR) is 131 cm³/mol. The van der Waals surface area contributed by atoms with Crippen molar-refractivity contribution in [3.05, 3.63) is 96.7 Å². The van der Waals surface area contributed by atoms with Crippen molar-refractivity contribution in [2.75, 3.05) is 6.61 Å². The quantitative estimate of drug-likeness (QED) is 0.419. The fraction of sp³-hybridized carbons (Fsp3) is 0.308. The Morgan fingerprint density at radius 2 is 1.91 bits per heavy atom. The van der Waals surface area contributed by atoms with Gasteiger partial charge >= 0.3 is 0 Å². The molecule has 5 rings (SSSR count). The Bertz CT molecular complexity index is 1580. The van der Waals surface area contributed by atoms with Gasteiger partial charge in [0.05, 0.1) is 11.8 Å². The van der Waals surface area contributed by atoms with Crippen LogP contribution in [0.15, 0.2) is 52.2 Å². The summed E-state index contributed by atoms with van der Waals surface area (Å²) in [6.07, 6.45) is 2.84. The average Bonchev–Trinajstić information content (AvgIpc) is 2.84. The molecule has 1 aromatic carbocycles. The van der Waals surface area contributed by atoms with Gasteiger partial charge < -0.3 is 9.30 Å². The summed E-state index contributed by atoms with van der Waals surface area (Å²) in [7, 11) is 1.70. The molecule has 1 saturated heterocycles. The van der Waals surface area contributed by atoms with E-state index >= 15 is 4.39 Å². The van der Waals surface area contributed by atoms with E-state index in [-0.39, 0.29) is 28.2 Å². The Labute approximate surface area is 205 Å². The maximum atomic E-state index is 15.0. The van der Waals surface area contributed by atoms with Crippen LogP contribution in [0.5, 0.6) is 0 Å². The van der Waals surface area contributed by atoms with Crippen LogP contribution in [0.4, 0.5) is 4.39 Å². The maximum Gasteiger partial charge on any atom is 0.277 e. The van der Waals surface area contributed by atoms with Gasteiger partial charge in [-0.25, -0.2) is 9.37 Å². The van der Waals surface area contributed by atoms with E-state index in [4.69, 9.17) is 16.3 Å². The van der Waals surface area contributed by atoms with Crippen molar-refractivity contribution in [3.8, 4) is 11.1 Å². The first-order chi connectivity index (χ1) is 16.7. The molecule has 1 fully saturated rings. The minimum atomic E-state index is -0.501. The van der Waals surface area contributed by atoms with Crippen molar-refractivity contribution < 1.29 is 9.13 Å². The van der Waals surface area contributed by atoms with Gasteiger partial charge in [0.15, 0.2) is 5.65 Å². The van der Waals surface area contributed by atoms with E-state index < -0.39 is 5.82 Å². The SMILES string of the molecule is Cc1nc2c(-c3ccc(Cl)cc3F)cc([C@H]3CCO[C@@H](c4ccc(=O)n(C)c4)C3)nn2c(=O)c1C. The van der Waals surface area contributed by atoms with Gasteiger partial charge in [0, 0.05) is 59.2 Å². The van der Waals surface area contributed by atoms with Crippen LogP contribution in [-0.2, 0) is 11.8 Å². The Kier molecular flexibility index (Phi) is 6.02. The summed E-state index contributed by atoms with van der Waals surface area (Å²) in [5, 5.41) is 4.96. The van der Waals surface area contributed by atoms with Gasteiger partial charge in [0.2, 0.25) is 5.56 Å². The second kappa shape index (κ2) is 9.02. The lowest BCUT2D eigenvalue weighted by atomic mass is 9.89. The topological polar surface area (TPSA) is 78.5 Å². The molecule has 7 nitrogen and oxygen atoms in total. The van der Waals surface area contributed by atoms with Crippen molar-refractivity contribution >= 4 is 17.2 Å². The number of nitrogens with zero attached hydrogens (tertiary/aromatic N) is 4. The number of ether oxygens (including phenoxy) is 1. The maximum absolute atomic E-state index is 15.0. The van der Waals surface area contributed by atoms with Crippen LogP contribution in [0.2, 0.25) is 5.02 Å². The molecule has 0 radical (unpaired) electrons. The average molecular weight is 495 g/mol. The molecule has 180 valence electrons. The highest BCUT2D eigenvalue weighted by Gasteiger charge is 2.28. The molecule has 1 aliphatic rings. The van der Waals surface area contributed by atoms with Gasteiger partial charge in [-0.15, -0.1) is 0 Å². The van der Waals surface area contributed by atoms with E-state index in [9.17, 15) is 9.59 Å². The van der Waals surface area contributed by atoms with Crippen LogP contribution in [0.1, 0.15) is 47.4 Å². The zero-order valence-corrected chi connectivity index (χ0v) is 20.3. The molecule has 0 bridgehead atoms. The number of pyridine rings is 1. The summed E-state index contributed by atoms with van der Waals surface area (Å²) >= 11 is 5.98. The zero-order chi connectivity index (χ0) is 24.9. The van der Waals surface area contributed by atoms with E-state index in [1.54, 1.807) is 45.3 Å². The summed E-state index contributed by atoms with van der Waals surface area (Å²) in [5.74, 6) is -0.544. The third-order valence-corrected chi connectivity index (χ3v) is 6.92. The van der Waals surface area contributed by atoms with Crippen LogP contribution in [0.3, 0.4) is 0 Å². The first kappa shape index (κ1) is 23.4. The lowest BCUT2D eigenvalue weighted by Crippen LogP contribution is -2.26. The normalized spacial score (nSPS) is 18.2. The van der Waals surface area contributed by atoms with Crippen LogP contribution in [0.25, 0.3) is 16.8 Å². The molecule has 0 unspecified atom stereocenters. The van der Waals surface area contributed by atoms with Crippen molar-refractivity contribution in [2.45, 2.75) is 38.7 Å². The fourth-order valence-corrected chi connectivity index (χ4v) is 4.69. The van der Waals surface area contributed by atoms with E-state index in [1.165, 1.54) is 21.2 Å². The summed E-state index contributed by atoms with van der Waals surface area (Å²) < 4.78 is 23.8. The molecular formula is C26H24ClFN4O3. The number of fused-ring (bicyclic) bond motifs is 1. The van der Waals surface area contributed by atoms with Gasteiger partial charge in [-0.2, -0.15) is 9.61 Å². The minimum Gasteiger partial charge on any atom is -0.373 e. The van der Waals surface area contributed by atoms with E-state index in [1.807, 2.05) is 6.07 Å². The summed E-state index contributed by atoms with van der Waals surface area (Å²) in [5.41, 5.74) is 3.31. The Morgan fingerprint density at radius 1 is 1.11 bits per heavy atom. The van der Waals surface area contributed by atoms with Gasteiger partial charge in [-0.05, 0) is 62.6 Å². The largest absolute Gasteiger partial charge is 0.373 e. The molecule has 0 amide bonds. The first-order valence-corrected chi connectivity index (χ1v) is 11.8. The molecule has 4 aromatic rings. The molecular weight excluding hydrogens is 471 g/mol. The Balaban J connectivity index is 1.65. The smallest absolute Gasteiger partial charge is 0.277 e. The monoisotopic (exact) mass is 494 g/mol. The molecule has 2 atom stereocenters. The third-order valence-electron chi connectivity index (χ3n) is 6.68. The van der Waals surface area contributed by atoms with Crippen LogP contribution >= 0.6 is 11.6 Å². The lowest BCUT2D eigenvalue weighted by molar-refractivity contribution is 0.00411. The number of halogens is 2. The highest BCUT2D eigenvalue weighted by atomic mass is 35.5. The van der Waals surface area contributed by atoms with Crippen LogP contribution in [-0.4, -0.2) is 25.8 Å². The first-order valence-electron chi connectivity index (χ1n) is 11.4. The number of hydrogen-bond acceptors (Lipinski definition) is 5. The van der Waals surface area contributed by atoms with E-state index in [0.29, 0.717) is 53.2 Å². The standard InChI is InChI=1S/C26H24ClFN4O3/c1-14-15(2)29-25-20(19-6-5-18(27)11-21(19)28)12-22(30-32(25)26(14)34)16-8-9-35-23(10-16)17-4-7-24(33)31(3)13-17/h4-7,11-13,16,23H,8-10H2,1-3H3/t16-,23+/m0/s1. The van der Waals surface area contributed by atoms with E-state index in [0.717, 1.165) is 5.56 Å². The number of aryl methyl sites for hydroxylation is 2. The van der Waals surface area contributed by atoms with Crippen molar-refractivity contribution in [1.82, 2.24) is 19.2 Å². The fourth-order valence-electron chi connectivity index (χ4n) is 4.53. The number of rotatable bonds is 3. The molecule has 9 heteroatoms. The van der Waals surface area contributed by atoms with Crippen LogP contribution < -0.4 is 11.1 Å². The van der Waals surface area contributed by atoms with Gasteiger partial charge in [-0.3, -0.25) is 9.59 Å². The molecule has 1 aliphatic heterocycles. The Morgan fingerprint density at radius 3 is 2.66 bits per heavy atom. The van der Waals surface area contributed by atoms with Crippen LogP contribution in [0, 0.1) is 19.7 Å². The summed E-state index contributed by atoms with van der Waals surface area (Å²) in [6.45, 7) is 3.95. The second-order valence-electron chi connectivity index (χ2n) is 8.96.